The molecule has 6 heteroatoms. The van der Waals surface area contributed by atoms with Crippen molar-refractivity contribution in [2.24, 2.45) is 0 Å². The predicted octanol–water partition coefficient (Wildman–Crippen LogP) is 4.26. The second-order valence-electron chi connectivity index (χ2n) is 8.10. The van der Waals surface area contributed by atoms with Crippen molar-refractivity contribution in [3.05, 3.63) is 63.7 Å². The molecule has 2 atom stereocenters. The smallest absolute Gasteiger partial charge is 0.244 e. The first-order valence-corrected chi connectivity index (χ1v) is 11.6. The molecule has 1 amide bonds. The van der Waals surface area contributed by atoms with E-state index in [9.17, 15) is 13.2 Å². The fourth-order valence-corrected chi connectivity index (χ4v) is 4.91. The van der Waals surface area contributed by atoms with Crippen LogP contribution in [0.2, 0.25) is 0 Å². The average Bonchev–Trinajstić information content (AvgIpc) is 2.55. The largest absolute Gasteiger partial charge is 0.348 e. The third-order valence-electron chi connectivity index (χ3n) is 5.26. The Hall–Kier alpha value is -2.34. The Labute approximate surface area is 175 Å². The van der Waals surface area contributed by atoms with Crippen molar-refractivity contribution in [3.8, 4) is 0 Å². The first-order valence-electron chi connectivity index (χ1n) is 9.77. The monoisotopic (exact) mass is 416 g/mol. The number of aryl methyl sites for hydroxylation is 5. The van der Waals surface area contributed by atoms with Gasteiger partial charge in [-0.1, -0.05) is 18.2 Å². The molecule has 0 aromatic heterocycles. The number of nitrogens with zero attached hydrogens (tertiary/aromatic N) is 1. The molecule has 0 aliphatic rings. The zero-order valence-electron chi connectivity index (χ0n) is 18.6. The molecule has 0 unspecified atom stereocenters. The number of amides is 1. The molecule has 5 nitrogen and oxygen atoms in total. The van der Waals surface area contributed by atoms with Gasteiger partial charge in [0.2, 0.25) is 15.9 Å². The van der Waals surface area contributed by atoms with Crippen LogP contribution in [0.5, 0.6) is 0 Å². The van der Waals surface area contributed by atoms with Gasteiger partial charge in [-0.2, -0.15) is 0 Å². The molecule has 0 bridgehead atoms. The number of carbonyl (C=O) groups is 1. The summed E-state index contributed by atoms with van der Waals surface area (Å²) in [4.78, 5) is 13.0. The first kappa shape index (κ1) is 22.9. The molecule has 2 aromatic carbocycles. The van der Waals surface area contributed by atoms with Crippen molar-refractivity contribution in [2.45, 2.75) is 60.5 Å². The zero-order valence-corrected chi connectivity index (χ0v) is 19.4. The van der Waals surface area contributed by atoms with Gasteiger partial charge in [0, 0.05) is 0 Å². The summed E-state index contributed by atoms with van der Waals surface area (Å²) in [5, 5.41) is 2.99. The van der Waals surface area contributed by atoms with E-state index in [0.29, 0.717) is 5.69 Å². The Morgan fingerprint density at radius 2 is 1.38 bits per heavy atom. The second-order valence-corrected chi connectivity index (χ2v) is 9.96. The number of benzene rings is 2. The molecular weight excluding hydrogens is 384 g/mol. The maximum atomic E-state index is 13.0. The lowest BCUT2D eigenvalue weighted by Crippen LogP contribution is -2.48. The highest BCUT2D eigenvalue weighted by molar-refractivity contribution is 7.92. The number of anilines is 1. The minimum absolute atomic E-state index is 0.232. The summed E-state index contributed by atoms with van der Waals surface area (Å²) < 4.78 is 26.3. The summed E-state index contributed by atoms with van der Waals surface area (Å²) in [6.07, 6.45) is 1.13. The van der Waals surface area contributed by atoms with Gasteiger partial charge in [0.1, 0.15) is 6.04 Å². The lowest BCUT2D eigenvalue weighted by Gasteiger charge is -2.30. The van der Waals surface area contributed by atoms with Crippen LogP contribution in [-0.4, -0.2) is 26.6 Å². The van der Waals surface area contributed by atoms with E-state index in [-0.39, 0.29) is 11.9 Å². The van der Waals surface area contributed by atoms with Gasteiger partial charge < -0.3 is 5.32 Å². The van der Waals surface area contributed by atoms with E-state index in [1.54, 1.807) is 19.1 Å². The minimum atomic E-state index is -3.64. The van der Waals surface area contributed by atoms with Crippen LogP contribution in [0.3, 0.4) is 0 Å². The summed E-state index contributed by atoms with van der Waals surface area (Å²) in [6, 6.07) is 8.63. The van der Waals surface area contributed by atoms with E-state index in [4.69, 9.17) is 0 Å². The summed E-state index contributed by atoms with van der Waals surface area (Å²) in [5.74, 6) is -0.334. The van der Waals surface area contributed by atoms with Crippen molar-refractivity contribution in [1.29, 1.82) is 0 Å². The van der Waals surface area contributed by atoms with Gasteiger partial charge in [-0.05, 0) is 94.0 Å². The maximum absolute atomic E-state index is 13.0. The van der Waals surface area contributed by atoms with Crippen LogP contribution >= 0.6 is 0 Å². The Bertz CT molecular complexity index is 1010. The molecule has 0 spiro atoms. The molecule has 0 saturated heterocycles. The Morgan fingerprint density at radius 1 is 0.862 bits per heavy atom. The highest BCUT2D eigenvalue weighted by Gasteiger charge is 2.30. The second kappa shape index (κ2) is 8.57. The van der Waals surface area contributed by atoms with Crippen molar-refractivity contribution in [3.63, 3.8) is 0 Å². The topological polar surface area (TPSA) is 66.5 Å². The van der Waals surface area contributed by atoms with E-state index in [0.717, 1.165) is 34.1 Å². The van der Waals surface area contributed by atoms with Crippen molar-refractivity contribution >= 4 is 21.6 Å². The van der Waals surface area contributed by atoms with Crippen molar-refractivity contribution < 1.29 is 13.2 Å². The lowest BCUT2D eigenvalue weighted by atomic mass is 9.96. The van der Waals surface area contributed by atoms with Crippen LogP contribution in [-0.2, 0) is 14.8 Å². The Balaban J connectivity index is 2.33. The standard InChI is InChI=1S/C23H32N2O3S/c1-14-9-15(2)11-21(10-14)25(29(8,27)28)20(7)23(26)24-19(6)22-13-17(4)16(3)12-18(22)5/h9-13,19-20H,1-8H3,(H,24,26)/t19-,20-/m0/s1. The number of hydrogen-bond acceptors (Lipinski definition) is 3. The van der Waals surface area contributed by atoms with E-state index in [2.05, 4.69) is 24.4 Å². The third kappa shape index (κ3) is 5.38. The number of carbonyl (C=O) groups excluding carboxylic acids is 1. The van der Waals surface area contributed by atoms with Gasteiger partial charge in [0.15, 0.2) is 0 Å². The van der Waals surface area contributed by atoms with Gasteiger partial charge in [0.25, 0.3) is 0 Å². The third-order valence-corrected chi connectivity index (χ3v) is 6.50. The summed E-state index contributed by atoms with van der Waals surface area (Å²) in [6.45, 7) is 13.5. The molecule has 0 saturated carbocycles. The highest BCUT2D eigenvalue weighted by atomic mass is 32.2. The fourth-order valence-electron chi connectivity index (χ4n) is 3.75. The van der Waals surface area contributed by atoms with Gasteiger partial charge in [-0.25, -0.2) is 8.42 Å². The SMILES string of the molecule is Cc1cc(C)cc(N([C@@H](C)C(=O)N[C@@H](C)c2cc(C)c(C)cc2C)S(C)(=O)=O)c1. The summed E-state index contributed by atoms with van der Waals surface area (Å²) in [5.41, 5.74) is 6.89. The fraction of sp³-hybridized carbons (Fsp3) is 0.435. The van der Waals surface area contributed by atoms with Crippen LogP contribution in [0.1, 0.15) is 53.3 Å². The molecule has 1 N–H and O–H groups in total. The quantitative estimate of drug-likeness (QED) is 0.765. The van der Waals surface area contributed by atoms with Gasteiger partial charge >= 0.3 is 0 Å². The number of hydrogen-bond donors (Lipinski definition) is 1. The van der Waals surface area contributed by atoms with Crippen LogP contribution in [0.4, 0.5) is 5.69 Å². The normalized spacial score (nSPS) is 13.7. The van der Waals surface area contributed by atoms with Crippen LogP contribution in [0, 0.1) is 34.6 Å². The van der Waals surface area contributed by atoms with Gasteiger partial charge in [0.05, 0.1) is 18.0 Å². The van der Waals surface area contributed by atoms with Crippen molar-refractivity contribution in [1.82, 2.24) is 5.32 Å². The molecule has 0 fully saturated rings. The highest BCUT2D eigenvalue weighted by Crippen LogP contribution is 2.25. The Morgan fingerprint density at radius 3 is 1.90 bits per heavy atom. The number of rotatable bonds is 6. The zero-order chi connectivity index (χ0) is 22.1. The van der Waals surface area contributed by atoms with Crippen LogP contribution < -0.4 is 9.62 Å². The minimum Gasteiger partial charge on any atom is -0.348 e. The molecule has 29 heavy (non-hydrogen) atoms. The molecular formula is C23H32N2O3S. The molecule has 2 aromatic rings. The average molecular weight is 417 g/mol. The number of sulfonamides is 1. The van der Waals surface area contributed by atoms with E-state index in [1.165, 1.54) is 9.87 Å². The summed E-state index contributed by atoms with van der Waals surface area (Å²) >= 11 is 0. The van der Waals surface area contributed by atoms with E-state index < -0.39 is 16.1 Å². The maximum Gasteiger partial charge on any atom is 0.244 e. The van der Waals surface area contributed by atoms with Crippen LogP contribution in [0.25, 0.3) is 0 Å². The molecule has 0 aliphatic carbocycles. The van der Waals surface area contributed by atoms with Gasteiger partial charge in [-0.3, -0.25) is 9.10 Å². The molecule has 0 radical (unpaired) electrons. The Kier molecular flexibility index (Phi) is 6.78. The predicted molar refractivity (Wildman–Crippen MR) is 120 cm³/mol. The molecule has 0 aliphatic heterocycles. The molecule has 0 heterocycles. The van der Waals surface area contributed by atoms with Crippen molar-refractivity contribution in [2.75, 3.05) is 10.6 Å². The summed E-state index contributed by atoms with van der Waals surface area (Å²) in [7, 11) is -3.64. The molecule has 2 rings (SSSR count). The lowest BCUT2D eigenvalue weighted by molar-refractivity contribution is -0.122. The first-order chi connectivity index (χ1) is 13.3. The number of nitrogens with one attached hydrogen (secondary N) is 1. The van der Waals surface area contributed by atoms with E-state index >= 15 is 0 Å². The molecule has 158 valence electrons. The van der Waals surface area contributed by atoms with E-state index in [1.807, 2.05) is 40.7 Å². The van der Waals surface area contributed by atoms with Crippen LogP contribution in [0.15, 0.2) is 30.3 Å². The van der Waals surface area contributed by atoms with Gasteiger partial charge in [-0.15, -0.1) is 0 Å².